The zero-order chi connectivity index (χ0) is 10.1. The summed E-state index contributed by atoms with van der Waals surface area (Å²) in [5.41, 5.74) is -0.730. The smallest absolute Gasteiger partial charge is 0.480 e. The second-order valence-corrected chi connectivity index (χ2v) is 3.09. The van der Waals surface area contributed by atoms with Gasteiger partial charge in [-0.05, 0) is 15.9 Å². The van der Waals surface area contributed by atoms with Crippen LogP contribution in [0.2, 0.25) is 0 Å². The number of halogens is 4. The highest BCUT2D eigenvalue weighted by Gasteiger charge is 2.29. The first-order chi connectivity index (χ1) is 5.96. The van der Waals surface area contributed by atoms with E-state index < -0.39 is 12.4 Å². The van der Waals surface area contributed by atoms with Crippen LogP contribution < -0.4 is 10.2 Å². The monoisotopic (exact) mass is 254 g/mol. The first kappa shape index (κ1) is 10.4. The lowest BCUT2D eigenvalue weighted by molar-refractivity contribution is 0.394. The number of hydrogen-bond acceptors (Lipinski definition) is 2. The Hall–Kier alpha value is -0.715. The maximum absolute atomic E-state index is 12.3. The van der Waals surface area contributed by atoms with Gasteiger partial charge in [-0.15, -0.1) is 0 Å². The van der Waals surface area contributed by atoms with Gasteiger partial charge in [-0.25, -0.2) is 4.98 Å². The van der Waals surface area contributed by atoms with Crippen molar-refractivity contribution in [3.63, 3.8) is 0 Å². The van der Waals surface area contributed by atoms with E-state index in [-0.39, 0.29) is 10.4 Å². The molecule has 0 unspecified atom stereocenters. The van der Waals surface area contributed by atoms with E-state index >= 15 is 0 Å². The number of nitrogens with zero attached hydrogens (tertiary/aromatic N) is 1. The van der Waals surface area contributed by atoms with Gasteiger partial charge in [0.2, 0.25) is 5.88 Å². The minimum Gasteiger partial charge on any atom is -0.480 e. The van der Waals surface area contributed by atoms with E-state index in [0.717, 1.165) is 12.3 Å². The zero-order valence-corrected chi connectivity index (χ0v) is 8.19. The lowest BCUT2D eigenvalue weighted by atomic mass is 9.81. The van der Waals surface area contributed by atoms with Crippen LogP contribution in [-0.4, -0.2) is 19.1 Å². The van der Waals surface area contributed by atoms with Crippen LogP contribution in [0, 0.1) is 0 Å². The van der Waals surface area contributed by atoms with Gasteiger partial charge in [-0.3, -0.25) is 0 Å². The van der Waals surface area contributed by atoms with Gasteiger partial charge in [0.1, 0.15) is 0 Å². The average Bonchev–Trinajstić information content (AvgIpc) is 2.02. The van der Waals surface area contributed by atoms with E-state index in [4.69, 9.17) is 0 Å². The van der Waals surface area contributed by atoms with Crippen molar-refractivity contribution in [3.8, 4) is 5.88 Å². The molecule has 0 atom stereocenters. The Bertz CT molecular complexity index is 317. The molecule has 0 N–H and O–H groups in total. The summed E-state index contributed by atoms with van der Waals surface area (Å²) in [7, 11) is 1.26. The van der Waals surface area contributed by atoms with Gasteiger partial charge in [-0.1, -0.05) is 11.5 Å². The Balaban J connectivity index is 3.24. The number of pyridine rings is 1. The predicted octanol–water partition coefficient (Wildman–Crippen LogP) is 1.91. The Morgan fingerprint density at radius 1 is 1.46 bits per heavy atom. The molecule has 2 nitrogen and oxygen atoms in total. The summed E-state index contributed by atoms with van der Waals surface area (Å²) in [6, 6.07) is 0.909. The van der Waals surface area contributed by atoms with Crippen molar-refractivity contribution in [1.29, 1.82) is 0 Å². The number of methoxy groups -OCH3 is 1. The fraction of sp³-hybridized carbons (Fsp3) is 0.167. The molecule has 0 saturated heterocycles. The summed E-state index contributed by atoms with van der Waals surface area (Å²) in [6.07, 6.45) is 1.06. The third-order valence-corrected chi connectivity index (χ3v) is 2.23. The fourth-order valence-corrected chi connectivity index (χ4v) is 1.49. The highest BCUT2D eigenvalue weighted by atomic mass is 79.9. The SMILES string of the molecule is COc1nccc([B-](F)(F)F)c1Br. The largest absolute Gasteiger partial charge is 0.510 e. The quantitative estimate of drug-likeness (QED) is 0.753. The minimum atomic E-state index is -5.02. The summed E-state index contributed by atoms with van der Waals surface area (Å²) in [5.74, 6) is -0.0586. The van der Waals surface area contributed by atoms with Crippen molar-refractivity contribution in [2.75, 3.05) is 7.11 Å². The fourth-order valence-electron chi connectivity index (χ4n) is 0.834. The van der Waals surface area contributed by atoms with Crippen molar-refractivity contribution in [3.05, 3.63) is 16.7 Å². The lowest BCUT2D eigenvalue weighted by Gasteiger charge is -2.17. The number of hydrogen-bond donors (Lipinski definition) is 0. The Kier molecular flexibility index (Phi) is 2.85. The first-order valence-corrected chi connectivity index (χ1v) is 4.14. The molecule has 1 aromatic heterocycles. The maximum Gasteiger partial charge on any atom is 0.510 e. The molecule has 7 heteroatoms. The van der Waals surface area contributed by atoms with Crippen LogP contribution in [0.4, 0.5) is 12.9 Å². The lowest BCUT2D eigenvalue weighted by Crippen LogP contribution is -2.35. The van der Waals surface area contributed by atoms with Gasteiger partial charge in [0.15, 0.2) is 0 Å². The van der Waals surface area contributed by atoms with Gasteiger partial charge >= 0.3 is 6.98 Å². The predicted molar refractivity (Wildman–Crippen MR) is 47.2 cm³/mol. The topological polar surface area (TPSA) is 22.1 Å². The minimum absolute atomic E-state index is 0.0586. The van der Waals surface area contributed by atoms with Crippen LogP contribution in [0.25, 0.3) is 0 Å². The summed E-state index contributed by atoms with van der Waals surface area (Å²) in [6.45, 7) is -5.02. The number of aromatic nitrogens is 1. The average molecular weight is 255 g/mol. The van der Waals surface area contributed by atoms with E-state index in [1.807, 2.05) is 0 Å². The van der Waals surface area contributed by atoms with Crippen LogP contribution in [0.3, 0.4) is 0 Å². The van der Waals surface area contributed by atoms with E-state index in [0.29, 0.717) is 0 Å². The molecule has 0 radical (unpaired) electrons. The van der Waals surface area contributed by atoms with Crippen molar-refractivity contribution in [1.82, 2.24) is 4.98 Å². The van der Waals surface area contributed by atoms with Crippen molar-refractivity contribution in [2.45, 2.75) is 0 Å². The number of ether oxygens (including phenoxy) is 1. The second kappa shape index (κ2) is 3.57. The van der Waals surface area contributed by atoms with Gasteiger partial charge in [0.05, 0.1) is 11.6 Å². The van der Waals surface area contributed by atoms with Crippen LogP contribution in [0.1, 0.15) is 0 Å². The van der Waals surface area contributed by atoms with Crippen molar-refractivity contribution >= 4 is 28.4 Å². The van der Waals surface area contributed by atoms with Gasteiger partial charge in [0, 0.05) is 6.20 Å². The summed E-state index contributed by atoms with van der Waals surface area (Å²) < 4.78 is 41.4. The van der Waals surface area contributed by atoms with E-state index in [2.05, 4.69) is 25.7 Å². The van der Waals surface area contributed by atoms with Crippen LogP contribution >= 0.6 is 15.9 Å². The van der Waals surface area contributed by atoms with Crippen molar-refractivity contribution < 1.29 is 17.7 Å². The van der Waals surface area contributed by atoms with Gasteiger partial charge in [0.25, 0.3) is 0 Å². The molecular formula is C6H5BBrF3NO-. The molecule has 13 heavy (non-hydrogen) atoms. The molecule has 0 fully saturated rings. The van der Waals surface area contributed by atoms with E-state index in [1.54, 1.807) is 0 Å². The third kappa shape index (κ3) is 2.15. The maximum atomic E-state index is 12.3. The molecule has 72 valence electrons. The highest BCUT2D eigenvalue weighted by Crippen LogP contribution is 2.23. The second-order valence-electron chi connectivity index (χ2n) is 2.30. The zero-order valence-electron chi connectivity index (χ0n) is 6.60. The highest BCUT2D eigenvalue weighted by molar-refractivity contribution is 9.10. The summed E-state index contributed by atoms with van der Waals surface area (Å²) in [4.78, 5) is 3.61. The van der Waals surface area contributed by atoms with E-state index in [9.17, 15) is 12.9 Å². The van der Waals surface area contributed by atoms with Crippen molar-refractivity contribution in [2.24, 2.45) is 0 Å². The number of rotatable bonds is 2. The van der Waals surface area contributed by atoms with E-state index in [1.165, 1.54) is 7.11 Å². The van der Waals surface area contributed by atoms with Gasteiger partial charge in [-0.2, -0.15) is 0 Å². The molecule has 1 aromatic rings. The third-order valence-electron chi connectivity index (χ3n) is 1.43. The molecule has 0 aromatic carbocycles. The molecule has 0 aliphatic carbocycles. The molecule has 0 aliphatic rings. The molecule has 0 spiro atoms. The first-order valence-electron chi connectivity index (χ1n) is 3.35. The van der Waals surface area contributed by atoms with Gasteiger partial charge < -0.3 is 17.7 Å². The molecular weight excluding hydrogens is 250 g/mol. The summed E-state index contributed by atoms with van der Waals surface area (Å²) in [5, 5.41) is 0. The van der Waals surface area contributed by atoms with Crippen LogP contribution in [0.15, 0.2) is 16.7 Å². The Morgan fingerprint density at radius 2 is 2.08 bits per heavy atom. The summed E-state index contributed by atoms with van der Waals surface area (Å²) >= 11 is 2.79. The molecule has 1 rings (SSSR count). The molecule has 0 bridgehead atoms. The molecule has 0 aliphatic heterocycles. The van der Waals surface area contributed by atoms with Crippen LogP contribution in [0.5, 0.6) is 5.88 Å². The molecule has 1 heterocycles. The van der Waals surface area contributed by atoms with Crippen LogP contribution in [-0.2, 0) is 0 Å². The normalized spacial score (nSPS) is 11.5. The Labute approximate surface area is 81.3 Å². The molecule has 0 amide bonds. The Morgan fingerprint density at radius 3 is 2.54 bits per heavy atom. The molecule has 0 saturated carbocycles. The standard InChI is InChI=1S/C6H5BBrF3NO/c1-13-6-5(8)4(2-3-12-6)7(9,10)11/h2-3H,1H3/q-1.